The third-order valence-electron chi connectivity index (χ3n) is 5.31. The van der Waals surface area contributed by atoms with Crippen molar-refractivity contribution in [2.75, 3.05) is 19.6 Å². The fraction of sp³-hybridized carbons (Fsp3) is 0.929. The molecule has 1 saturated carbocycles. The van der Waals surface area contributed by atoms with Gasteiger partial charge in [-0.1, -0.05) is 26.7 Å². The summed E-state index contributed by atoms with van der Waals surface area (Å²) in [6, 6.07) is 0. The second-order valence-electron chi connectivity index (χ2n) is 5.98. The van der Waals surface area contributed by atoms with Crippen LogP contribution >= 0.6 is 0 Å². The van der Waals surface area contributed by atoms with Gasteiger partial charge in [-0.2, -0.15) is 0 Å². The maximum atomic E-state index is 12.3. The van der Waals surface area contributed by atoms with Crippen LogP contribution in [0.15, 0.2) is 0 Å². The molecule has 0 aromatic rings. The quantitative estimate of drug-likeness (QED) is 0.815. The van der Waals surface area contributed by atoms with Gasteiger partial charge in [0.2, 0.25) is 5.91 Å². The summed E-state index contributed by atoms with van der Waals surface area (Å²) in [5, 5.41) is 0. The standard InChI is InChI=1S/C14H26N2O/c1-3-13(4-2)7-9-16(10-8-13)12(17)14(11-15)5-6-14/h3-11,15H2,1-2H3. The van der Waals surface area contributed by atoms with E-state index in [2.05, 4.69) is 18.7 Å². The number of rotatable bonds is 4. The summed E-state index contributed by atoms with van der Waals surface area (Å²) in [5.41, 5.74) is 6.08. The lowest BCUT2D eigenvalue weighted by atomic mass is 9.74. The Bertz CT molecular complexity index is 283. The van der Waals surface area contributed by atoms with E-state index in [0.29, 0.717) is 17.9 Å². The summed E-state index contributed by atoms with van der Waals surface area (Å²) >= 11 is 0. The molecule has 3 nitrogen and oxygen atoms in total. The molecule has 2 N–H and O–H groups in total. The van der Waals surface area contributed by atoms with E-state index in [9.17, 15) is 4.79 Å². The molecule has 0 spiro atoms. The van der Waals surface area contributed by atoms with Gasteiger partial charge in [-0.25, -0.2) is 0 Å². The molecule has 2 aliphatic rings. The van der Waals surface area contributed by atoms with E-state index in [1.54, 1.807) is 0 Å². The van der Waals surface area contributed by atoms with Gasteiger partial charge < -0.3 is 10.6 Å². The van der Waals surface area contributed by atoms with Crippen molar-refractivity contribution in [3.05, 3.63) is 0 Å². The van der Waals surface area contributed by atoms with E-state index in [1.165, 1.54) is 25.7 Å². The monoisotopic (exact) mass is 238 g/mol. The number of hydrogen-bond acceptors (Lipinski definition) is 2. The van der Waals surface area contributed by atoms with Gasteiger partial charge in [0.1, 0.15) is 0 Å². The molecule has 1 saturated heterocycles. The van der Waals surface area contributed by atoms with Crippen molar-refractivity contribution in [1.29, 1.82) is 0 Å². The number of likely N-dealkylation sites (tertiary alicyclic amines) is 1. The summed E-state index contributed by atoms with van der Waals surface area (Å²) in [6.45, 7) is 6.99. The van der Waals surface area contributed by atoms with Gasteiger partial charge in [-0.3, -0.25) is 4.79 Å². The lowest BCUT2D eigenvalue weighted by molar-refractivity contribution is -0.139. The highest BCUT2D eigenvalue weighted by Gasteiger charge is 2.51. The van der Waals surface area contributed by atoms with Crippen LogP contribution in [0.1, 0.15) is 52.4 Å². The average molecular weight is 238 g/mol. The fourth-order valence-electron chi connectivity index (χ4n) is 3.13. The lowest BCUT2D eigenvalue weighted by Gasteiger charge is -2.42. The Labute approximate surface area is 105 Å². The van der Waals surface area contributed by atoms with Crippen LogP contribution in [0, 0.1) is 10.8 Å². The molecule has 0 unspecified atom stereocenters. The molecule has 0 atom stereocenters. The average Bonchev–Trinajstić information content (AvgIpc) is 3.19. The Hall–Kier alpha value is -0.570. The van der Waals surface area contributed by atoms with E-state index in [0.717, 1.165) is 25.9 Å². The Morgan fingerprint density at radius 3 is 2.00 bits per heavy atom. The van der Waals surface area contributed by atoms with Crippen LogP contribution in [0.5, 0.6) is 0 Å². The van der Waals surface area contributed by atoms with E-state index in [-0.39, 0.29) is 5.41 Å². The third kappa shape index (κ3) is 2.22. The van der Waals surface area contributed by atoms with Crippen molar-refractivity contribution in [3.8, 4) is 0 Å². The van der Waals surface area contributed by atoms with Crippen molar-refractivity contribution in [1.82, 2.24) is 4.90 Å². The number of piperidine rings is 1. The van der Waals surface area contributed by atoms with Crippen LogP contribution in [-0.4, -0.2) is 30.4 Å². The zero-order chi connectivity index (χ0) is 12.5. The second kappa shape index (κ2) is 4.60. The largest absolute Gasteiger partial charge is 0.342 e. The fourth-order valence-corrected chi connectivity index (χ4v) is 3.13. The molecule has 1 aliphatic carbocycles. The van der Waals surface area contributed by atoms with Crippen molar-refractivity contribution in [2.24, 2.45) is 16.6 Å². The van der Waals surface area contributed by atoms with Crippen molar-refractivity contribution >= 4 is 5.91 Å². The summed E-state index contributed by atoms with van der Waals surface area (Å²) in [7, 11) is 0. The van der Waals surface area contributed by atoms with Crippen LogP contribution in [0.2, 0.25) is 0 Å². The van der Waals surface area contributed by atoms with Crippen LogP contribution in [-0.2, 0) is 4.79 Å². The minimum absolute atomic E-state index is 0.154. The van der Waals surface area contributed by atoms with Crippen LogP contribution in [0.4, 0.5) is 0 Å². The third-order valence-corrected chi connectivity index (χ3v) is 5.31. The molecule has 0 bridgehead atoms. The number of nitrogens with two attached hydrogens (primary N) is 1. The molecule has 0 aromatic heterocycles. The number of hydrogen-bond donors (Lipinski definition) is 1. The lowest BCUT2D eigenvalue weighted by Crippen LogP contribution is -2.47. The maximum Gasteiger partial charge on any atom is 0.230 e. The Morgan fingerprint density at radius 2 is 1.65 bits per heavy atom. The molecule has 98 valence electrons. The Balaban J connectivity index is 1.93. The number of carbonyl (C=O) groups excluding carboxylic acids is 1. The van der Waals surface area contributed by atoms with Gasteiger partial charge in [-0.05, 0) is 31.1 Å². The first-order valence-corrected chi connectivity index (χ1v) is 7.11. The highest BCUT2D eigenvalue weighted by atomic mass is 16.2. The minimum Gasteiger partial charge on any atom is -0.342 e. The topological polar surface area (TPSA) is 46.3 Å². The predicted molar refractivity (Wildman–Crippen MR) is 69.6 cm³/mol. The van der Waals surface area contributed by atoms with Crippen molar-refractivity contribution in [3.63, 3.8) is 0 Å². The van der Waals surface area contributed by atoms with E-state index < -0.39 is 0 Å². The number of carbonyl (C=O) groups is 1. The smallest absolute Gasteiger partial charge is 0.230 e. The van der Waals surface area contributed by atoms with Gasteiger partial charge >= 0.3 is 0 Å². The van der Waals surface area contributed by atoms with Crippen LogP contribution in [0.3, 0.4) is 0 Å². The highest BCUT2D eigenvalue weighted by Crippen LogP contribution is 2.47. The number of amides is 1. The summed E-state index contributed by atoms with van der Waals surface area (Å²) in [6.07, 6.45) is 6.84. The van der Waals surface area contributed by atoms with Gasteiger partial charge in [0.05, 0.1) is 5.41 Å². The highest BCUT2D eigenvalue weighted by molar-refractivity contribution is 5.85. The SMILES string of the molecule is CCC1(CC)CCN(C(=O)C2(CN)CC2)CC1. The molecule has 0 radical (unpaired) electrons. The molecular formula is C14H26N2O. The van der Waals surface area contributed by atoms with Crippen molar-refractivity contribution < 1.29 is 4.79 Å². The maximum absolute atomic E-state index is 12.3. The summed E-state index contributed by atoms with van der Waals surface area (Å²) < 4.78 is 0. The second-order valence-corrected chi connectivity index (χ2v) is 5.98. The van der Waals surface area contributed by atoms with E-state index >= 15 is 0 Å². The first kappa shape index (κ1) is 12.9. The number of nitrogens with zero attached hydrogens (tertiary/aromatic N) is 1. The summed E-state index contributed by atoms with van der Waals surface area (Å²) in [4.78, 5) is 14.4. The minimum atomic E-state index is -0.154. The van der Waals surface area contributed by atoms with Gasteiger partial charge in [-0.15, -0.1) is 0 Å². The Morgan fingerprint density at radius 1 is 1.12 bits per heavy atom. The zero-order valence-electron chi connectivity index (χ0n) is 11.3. The molecule has 17 heavy (non-hydrogen) atoms. The van der Waals surface area contributed by atoms with E-state index in [1.807, 2.05) is 0 Å². The molecular weight excluding hydrogens is 212 g/mol. The zero-order valence-corrected chi connectivity index (χ0v) is 11.3. The summed E-state index contributed by atoms with van der Waals surface area (Å²) in [5.74, 6) is 0.334. The molecule has 1 heterocycles. The van der Waals surface area contributed by atoms with Crippen LogP contribution in [0.25, 0.3) is 0 Å². The first-order chi connectivity index (χ1) is 8.11. The molecule has 1 aliphatic heterocycles. The molecule has 3 heteroatoms. The predicted octanol–water partition coefficient (Wildman–Crippen LogP) is 2.15. The Kier molecular flexibility index (Phi) is 3.48. The molecule has 2 fully saturated rings. The van der Waals surface area contributed by atoms with Gasteiger partial charge in [0, 0.05) is 19.6 Å². The molecule has 1 amide bonds. The first-order valence-electron chi connectivity index (χ1n) is 7.11. The van der Waals surface area contributed by atoms with Gasteiger partial charge in [0.25, 0.3) is 0 Å². The normalized spacial score (nSPS) is 25.7. The molecule has 2 rings (SSSR count). The van der Waals surface area contributed by atoms with Crippen LogP contribution < -0.4 is 5.73 Å². The van der Waals surface area contributed by atoms with Crippen molar-refractivity contribution in [2.45, 2.75) is 52.4 Å². The van der Waals surface area contributed by atoms with Gasteiger partial charge in [0.15, 0.2) is 0 Å². The van der Waals surface area contributed by atoms with E-state index in [4.69, 9.17) is 5.73 Å². The molecule has 0 aromatic carbocycles.